The lowest BCUT2D eigenvalue weighted by Gasteiger charge is -2.30. The van der Waals surface area contributed by atoms with Crippen LogP contribution < -0.4 is 11.5 Å². The number of hydrogen-bond donors (Lipinski definition) is 2. The van der Waals surface area contributed by atoms with Gasteiger partial charge in [-0.25, -0.2) is 4.68 Å². The monoisotopic (exact) mass is 276 g/mol. The van der Waals surface area contributed by atoms with E-state index < -0.39 is 0 Å². The molecule has 0 saturated carbocycles. The molecule has 4 N–H and O–H groups in total. The molecule has 1 fully saturated rings. The molecule has 3 heterocycles. The molecular weight excluding hydrogens is 256 g/mol. The molecule has 1 aliphatic rings. The van der Waals surface area contributed by atoms with Crippen LogP contribution in [0.15, 0.2) is 6.20 Å². The first-order valence-corrected chi connectivity index (χ1v) is 6.83. The fraction of sp³-hybridized carbons (Fsp3) is 0.615. The number of anilines is 2. The summed E-state index contributed by atoms with van der Waals surface area (Å²) in [5, 5.41) is 5.12. The molecule has 1 saturated heterocycles. The van der Waals surface area contributed by atoms with Crippen LogP contribution in [0.4, 0.5) is 11.8 Å². The number of rotatable bonds is 3. The highest BCUT2D eigenvalue weighted by Crippen LogP contribution is 2.33. The van der Waals surface area contributed by atoms with Gasteiger partial charge in [-0.05, 0) is 12.8 Å². The van der Waals surface area contributed by atoms with Gasteiger partial charge in [0.05, 0.1) is 24.2 Å². The third-order valence-corrected chi connectivity index (χ3v) is 3.90. The second kappa shape index (κ2) is 4.59. The van der Waals surface area contributed by atoms with Crippen LogP contribution in [-0.4, -0.2) is 32.5 Å². The normalized spacial score (nSPS) is 19.8. The van der Waals surface area contributed by atoms with Crippen LogP contribution in [0, 0.1) is 5.41 Å². The summed E-state index contributed by atoms with van der Waals surface area (Å²) < 4.78 is 7.64. The second-order valence-corrected chi connectivity index (χ2v) is 6.00. The molecule has 0 radical (unpaired) electrons. The third kappa shape index (κ3) is 2.18. The van der Waals surface area contributed by atoms with Crippen molar-refractivity contribution in [3.8, 4) is 0 Å². The van der Waals surface area contributed by atoms with E-state index in [4.69, 9.17) is 16.2 Å². The van der Waals surface area contributed by atoms with Crippen LogP contribution in [0.3, 0.4) is 0 Å². The maximum Gasteiger partial charge on any atom is 0.224 e. The van der Waals surface area contributed by atoms with Gasteiger partial charge >= 0.3 is 0 Å². The van der Waals surface area contributed by atoms with Gasteiger partial charge in [0.1, 0.15) is 5.82 Å². The number of nitrogens with two attached hydrogens (primary N) is 2. The highest BCUT2D eigenvalue weighted by Gasteiger charge is 2.34. The molecule has 0 unspecified atom stereocenters. The minimum Gasteiger partial charge on any atom is -0.383 e. The smallest absolute Gasteiger partial charge is 0.224 e. The lowest BCUT2D eigenvalue weighted by atomic mass is 9.85. The van der Waals surface area contributed by atoms with Crippen molar-refractivity contribution in [2.24, 2.45) is 5.41 Å². The van der Waals surface area contributed by atoms with Crippen molar-refractivity contribution in [3.63, 3.8) is 0 Å². The summed E-state index contributed by atoms with van der Waals surface area (Å²) in [6.07, 6.45) is 4.15. The van der Waals surface area contributed by atoms with E-state index in [0.717, 1.165) is 24.8 Å². The standard InChI is InChI=1S/C13H20N6O/c1-13(2,9-4-3-5-20-9)7-19-11-8(6-16-19)10(14)17-12(15)18-11/h6,9H,3-5,7H2,1-2H3,(H4,14,15,17,18)/t9-/m0/s1. The zero-order valence-corrected chi connectivity index (χ0v) is 11.8. The number of aromatic nitrogens is 4. The Hall–Kier alpha value is -1.89. The van der Waals surface area contributed by atoms with Gasteiger partial charge in [0.15, 0.2) is 5.65 Å². The van der Waals surface area contributed by atoms with Gasteiger partial charge < -0.3 is 16.2 Å². The quantitative estimate of drug-likeness (QED) is 0.872. The maximum atomic E-state index is 5.85. The third-order valence-electron chi connectivity index (χ3n) is 3.90. The average molecular weight is 276 g/mol. The molecule has 1 aliphatic heterocycles. The maximum absolute atomic E-state index is 5.85. The molecule has 0 amide bonds. The van der Waals surface area contributed by atoms with E-state index >= 15 is 0 Å². The SMILES string of the molecule is CC(C)(Cn1ncc2c(N)nc(N)nc21)[C@@H]1CCCO1. The van der Waals surface area contributed by atoms with E-state index in [0.29, 0.717) is 18.0 Å². The second-order valence-electron chi connectivity index (χ2n) is 6.00. The Morgan fingerprint density at radius 2 is 2.20 bits per heavy atom. The van der Waals surface area contributed by atoms with E-state index in [9.17, 15) is 0 Å². The molecule has 2 aromatic rings. The first-order chi connectivity index (χ1) is 9.47. The fourth-order valence-electron chi connectivity index (χ4n) is 2.79. The average Bonchev–Trinajstić information content (AvgIpc) is 2.99. The van der Waals surface area contributed by atoms with Gasteiger partial charge in [0.2, 0.25) is 5.95 Å². The zero-order valence-electron chi connectivity index (χ0n) is 11.8. The molecular formula is C13H20N6O. The number of ether oxygens (including phenoxy) is 1. The summed E-state index contributed by atoms with van der Waals surface area (Å²) in [6, 6.07) is 0. The van der Waals surface area contributed by atoms with Crippen molar-refractivity contribution in [1.29, 1.82) is 0 Å². The van der Waals surface area contributed by atoms with Crippen molar-refractivity contribution >= 4 is 22.8 Å². The first kappa shape index (κ1) is 13.1. The Morgan fingerprint density at radius 1 is 1.40 bits per heavy atom. The van der Waals surface area contributed by atoms with Crippen molar-refractivity contribution in [1.82, 2.24) is 19.7 Å². The molecule has 7 heteroatoms. The Morgan fingerprint density at radius 3 is 2.90 bits per heavy atom. The van der Waals surface area contributed by atoms with E-state index in [1.165, 1.54) is 0 Å². The summed E-state index contributed by atoms with van der Waals surface area (Å²) >= 11 is 0. The first-order valence-electron chi connectivity index (χ1n) is 6.83. The van der Waals surface area contributed by atoms with E-state index in [1.807, 2.05) is 4.68 Å². The minimum absolute atomic E-state index is 0.0239. The Balaban J connectivity index is 1.94. The van der Waals surface area contributed by atoms with Crippen molar-refractivity contribution < 1.29 is 4.74 Å². The largest absolute Gasteiger partial charge is 0.383 e. The van der Waals surface area contributed by atoms with Gasteiger partial charge in [0, 0.05) is 12.0 Å². The molecule has 0 aliphatic carbocycles. The van der Waals surface area contributed by atoms with Crippen LogP contribution >= 0.6 is 0 Å². The highest BCUT2D eigenvalue weighted by atomic mass is 16.5. The van der Waals surface area contributed by atoms with Crippen LogP contribution in [0.1, 0.15) is 26.7 Å². The number of nitrogens with zero attached hydrogens (tertiary/aromatic N) is 4. The van der Waals surface area contributed by atoms with Gasteiger partial charge in [0.25, 0.3) is 0 Å². The van der Waals surface area contributed by atoms with Gasteiger partial charge in [-0.3, -0.25) is 0 Å². The lowest BCUT2D eigenvalue weighted by Crippen LogP contribution is -2.33. The molecule has 0 aromatic carbocycles. The van der Waals surface area contributed by atoms with E-state index in [1.54, 1.807) is 6.20 Å². The Kier molecular flexibility index (Phi) is 3.01. The summed E-state index contributed by atoms with van der Waals surface area (Å²) in [7, 11) is 0. The predicted molar refractivity (Wildman–Crippen MR) is 76.9 cm³/mol. The van der Waals surface area contributed by atoms with Gasteiger partial charge in [-0.15, -0.1) is 0 Å². The molecule has 0 bridgehead atoms. The van der Waals surface area contributed by atoms with Crippen molar-refractivity contribution in [2.45, 2.75) is 39.3 Å². The lowest BCUT2D eigenvalue weighted by molar-refractivity contribution is 0.00837. The molecule has 20 heavy (non-hydrogen) atoms. The molecule has 7 nitrogen and oxygen atoms in total. The van der Waals surface area contributed by atoms with Crippen LogP contribution in [-0.2, 0) is 11.3 Å². The van der Waals surface area contributed by atoms with Crippen LogP contribution in [0.2, 0.25) is 0 Å². The number of nitrogen functional groups attached to an aromatic ring is 2. The van der Waals surface area contributed by atoms with E-state index in [-0.39, 0.29) is 17.5 Å². The predicted octanol–water partition coefficient (Wildman–Crippen LogP) is 1.20. The highest BCUT2D eigenvalue weighted by molar-refractivity contribution is 5.85. The van der Waals surface area contributed by atoms with Crippen molar-refractivity contribution in [2.75, 3.05) is 18.1 Å². The van der Waals surface area contributed by atoms with Gasteiger partial charge in [-0.2, -0.15) is 15.1 Å². The molecule has 0 spiro atoms. The number of hydrogen-bond acceptors (Lipinski definition) is 6. The van der Waals surface area contributed by atoms with E-state index in [2.05, 4.69) is 28.9 Å². The molecule has 108 valence electrons. The molecule has 1 atom stereocenters. The summed E-state index contributed by atoms with van der Waals surface area (Å²) in [4.78, 5) is 8.21. The Bertz CT molecular complexity index is 629. The fourth-order valence-corrected chi connectivity index (χ4v) is 2.79. The summed E-state index contributed by atoms with van der Waals surface area (Å²) in [5.74, 6) is 0.542. The van der Waals surface area contributed by atoms with Crippen molar-refractivity contribution in [3.05, 3.63) is 6.20 Å². The topological polar surface area (TPSA) is 105 Å². The molecule has 2 aromatic heterocycles. The zero-order chi connectivity index (χ0) is 14.3. The molecule has 3 rings (SSSR count). The minimum atomic E-state index is -0.0239. The Labute approximate surface area is 117 Å². The summed E-state index contributed by atoms with van der Waals surface area (Å²) in [5.41, 5.74) is 12.2. The summed E-state index contributed by atoms with van der Waals surface area (Å²) in [6.45, 7) is 5.92. The number of fused-ring (bicyclic) bond motifs is 1. The van der Waals surface area contributed by atoms with Crippen LogP contribution in [0.5, 0.6) is 0 Å². The van der Waals surface area contributed by atoms with Crippen LogP contribution in [0.25, 0.3) is 11.0 Å². The van der Waals surface area contributed by atoms with Gasteiger partial charge in [-0.1, -0.05) is 13.8 Å².